The molecule has 0 spiro atoms. The molecule has 0 aliphatic rings. The van der Waals surface area contributed by atoms with Gasteiger partial charge >= 0.3 is 0 Å². The summed E-state index contributed by atoms with van der Waals surface area (Å²) in [6.07, 6.45) is 0. The Morgan fingerprint density at radius 3 is 2.30 bits per heavy atom. The molecule has 2 aromatic rings. The summed E-state index contributed by atoms with van der Waals surface area (Å²) in [4.78, 5) is 1.62. The lowest BCUT2D eigenvalue weighted by molar-refractivity contribution is 0.385. The van der Waals surface area contributed by atoms with Gasteiger partial charge in [0.2, 0.25) is 19.9 Å². The maximum atomic E-state index is 12.6. The third-order valence-corrected chi connectivity index (χ3v) is 7.26. The molecule has 126 valence electrons. The van der Waals surface area contributed by atoms with E-state index in [1.165, 1.54) is 23.6 Å². The van der Waals surface area contributed by atoms with Crippen molar-refractivity contribution >= 4 is 31.2 Å². The van der Waals surface area contributed by atoms with Gasteiger partial charge in [0, 0.05) is 17.5 Å². The molecule has 0 amide bonds. The highest BCUT2D eigenvalue weighted by molar-refractivity contribution is 7.92. The van der Waals surface area contributed by atoms with Gasteiger partial charge in [-0.05, 0) is 38.4 Å². The van der Waals surface area contributed by atoms with Crippen LogP contribution in [0, 0.1) is 0 Å². The summed E-state index contributed by atoms with van der Waals surface area (Å²) in [6, 6.07) is 4.99. The highest BCUT2D eigenvalue weighted by atomic mass is 32.2. The number of phenols is 1. The molecular formula is C13H16N2O5S3. The van der Waals surface area contributed by atoms with E-state index in [-0.39, 0.29) is 19.7 Å². The van der Waals surface area contributed by atoms with Crippen molar-refractivity contribution in [2.75, 3.05) is 14.1 Å². The molecule has 0 atom stereocenters. The minimum Gasteiger partial charge on any atom is -0.508 e. The van der Waals surface area contributed by atoms with E-state index in [0.717, 1.165) is 17.4 Å². The van der Waals surface area contributed by atoms with Crippen LogP contribution in [-0.2, 0) is 26.4 Å². The fourth-order valence-electron chi connectivity index (χ4n) is 1.92. The van der Waals surface area contributed by atoms with E-state index in [4.69, 9.17) is 5.14 Å². The number of benzene rings is 1. The maximum Gasteiger partial charge on any atom is 0.247 e. The number of thiophene rings is 1. The topological polar surface area (TPSA) is 118 Å². The molecule has 0 saturated carbocycles. The normalized spacial score (nSPS) is 12.7. The zero-order valence-corrected chi connectivity index (χ0v) is 14.9. The van der Waals surface area contributed by atoms with E-state index in [2.05, 4.69) is 0 Å². The lowest BCUT2D eigenvalue weighted by Gasteiger charge is -2.12. The second-order valence-electron chi connectivity index (χ2n) is 5.18. The highest BCUT2D eigenvalue weighted by Gasteiger charge is 2.23. The molecule has 1 aromatic carbocycles. The van der Waals surface area contributed by atoms with Crippen LogP contribution in [-0.4, -0.2) is 40.9 Å². The Morgan fingerprint density at radius 1 is 1.13 bits per heavy atom. The molecule has 1 heterocycles. The Hall–Kier alpha value is -1.46. The average Bonchev–Trinajstić information content (AvgIpc) is 2.90. The van der Waals surface area contributed by atoms with Crippen molar-refractivity contribution in [2.24, 2.45) is 5.14 Å². The fourth-order valence-corrected chi connectivity index (χ4v) is 5.28. The van der Waals surface area contributed by atoms with Crippen LogP contribution in [0.3, 0.4) is 0 Å². The van der Waals surface area contributed by atoms with Gasteiger partial charge in [-0.15, -0.1) is 11.3 Å². The zero-order chi connectivity index (χ0) is 17.4. The lowest BCUT2D eigenvalue weighted by Crippen LogP contribution is -2.12. The maximum absolute atomic E-state index is 12.6. The van der Waals surface area contributed by atoms with Crippen molar-refractivity contribution in [3.63, 3.8) is 0 Å². The van der Waals surface area contributed by atoms with Gasteiger partial charge in [0.15, 0.2) is 0 Å². The molecule has 1 aromatic heterocycles. The molecular weight excluding hydrogens is 360 g/mol. The number of aromatic hydroxyl groups is 1. The minimum atomic E-state index is -3.95. The fraction of sp³-hybridized carbons (Fsp3) is 0.231. The smallest absolute Gasteiger partial charge is 0.247 e. The van der Waals surface area contributed by atoms with Gasteiger partial charge < -0.3 is 10.0 Å². The van der Waals surface area contributed by atoms with Crippen molar-refractivity contribution in [1.82, 2.24) is 4.90 Å². The zero-order valence-electron chi connectivity index (χ0n) is 12.4. The summed E-state index contributed by atoms with van der Waals surface area (Å²) >= 11 is 0.746. The monoisotopic (exact) mass is 376 g/mol. The Kier molecular flexibility index (Phi) is 4.83. The van der Waals surface area contributed by atoms with Crippen LogP contribution in [0.5, 0.6) is 5.75 Å². The summed E-state index contributed by atoms with van der Waals surface area (Å²) < 4.78 is 47.5. The van der Waals surface area contributed by atoms with E-state index >= 15 is 0 Å². The van der Waals surface area contributed by atoms with Gasteiger partial charge in [0.05, 0.1) is 9.79 Å². The Bertz CT molecular complexity index is 930. The molecule has 0 fully saturated rings. The second-order valence-corrected chi connectivity index (χ2v) is 9.83. The van der Waals surface area contributed by atoms with Crippen LogP contribution in [0.2, 0.25) is 0 Å². The largest absolute Gasteiger partial charge is 0.508 e. The number of rotatable bonds is 5. The van der Waals surface area contributed by atoms with E-state index in [1.54, 1.807) is 19.0 Å². The first kappa shape index (κ1) is 17.9. The number of sulfonamides is 1. The molecule has 0 radical (unpaired) electrons. The number of sulfone groups is 1. The predicted octanol–water partition coefficient (Wildman–Crippen LogP) is 0.995. The van der Waals surface area contributed by atoms with Crippen molar-refractivity contribution in [3.05, 3.63) is 35.2 Å². The van der Waals surface area contributed by atoms with Crippen LogP contribution in [0.15, 0.2) is 43.6 Å². The summed E-state index contributed by atoms with van der Waals surface area (Å²) in [5, 5.41) is 16.0. The first-order valence-electron chi connectivity index (χ1n) is 6.35. The molecule has 2 rings (SSSR count). The first-order valence-corrected chi connectivity index (χ1v) is 10.3. The van der Waals surface area contributed by atoms with Gasteiger partial charge in [-0.25, -0.2) is 22.0 Å². The van der Waals surface area contributed by atoms with E-state index < -0.39 is 19.9 Å². The van der Waals surface area contributed by atoms with E-state index in [1.807, 2.05) is 0 Å². The molecule has 0 saturated heterocycles. The number of hydrogen-bond donors (Lipinski definition) is 2. The Morgan fingerprint density at radius 2 is 1.78 bits per heavy atom. The molecule has 23 heavy (non-hydrogen) atoms. The first-order chi connectivity index (χ1) is 10.5. The molecule has 10 heteroatoms. The Balaban J connectivity index is 2.50. The third-order valence-electron chi connectivity index (χ3n) is 2.99. The number of nitrogens with two attached hydrogens (primary N) is 1. The van der Waals surface area contributed by atoms with Crippen LogP contribution in [0.25, 0.3) is 0 Å². The molecule has 3 N–H and O–H groups in total. The number of primary sulfonamides is 1. The van der Waals surface area contributed by atoms with Gasteiger partial charge in [-0.3, -0.25) is 0 Å². The predicted molar refractivity (Wildman–Crippen MR) is 86.6 cm³/mol. The molecule has 0 aliphatic heterocycles. The van der Waals surface area contributed by atoms with E-state index in [9.17, 15) is 21.9 Å². The van der Waals surface area contributed by atoms with Crippen molar-refractivity contribution < 1.29 is 21.9 Å². The Labute approximate surface area is 139 Å². The van der Waals surface area contributed by atoms with Crippen LogP contribution in [0.1, 0.15) is 5.56 Å². The average molecular weight is 376 g/mol. The highest BCUT2D eigenvalue weighted by Crippen LogP contribution is 2.30. The third kappa shape index (κ3) is 3.90. The summed E-state index contributed by atoms with van der Waals surface area (Å²) in [5.41, 5.74) is 0.456. The van der Waals surface area contributed by atoms with Crippen molar-refractivity contribution in [2.45, 2.75) is 20.5 Å². The number of hydrogen-bond acceptors (Lipinski definition) is 7. The van der Waals surface area contributed by atoms with Gasteiger partial charge in [-0.2, -0.15) is 0 Å². The summed E-state index contributed by atoms with van der Waals surface area (Å²) in [6.45, 7) is 0.362. The van der Waals surface area contributed by atoms with Crippen LogP contribution < -0.4 is 5.14 Å². The lowest BCUT2D eigenvalue weighted by atomic mass is 10.2. The van der Waals surface area contributed by atoms with Crippen LogP contribution >= 0.6 is 11.3 Å². The van der Waals surface area contributed by atoms with Crippen molar-refractivity contribution in [1.29, 1.82) is 0 Å². The standard InChI is InChI=1S/C13H16N2O5S3/c1-15(2)7-9-5-10(3-4-12(9)16)22(17,18)11-6-13(21-8-11)23(14,19)20/h3-6,8,16H,7H2,1-2H3,(H2,14,19,20). The van der Waals surface area contributed by atoms with E-state index in [0.29, 0.717) is 12.1 Å². The summed E-state index contributed by atoms with van der Waals surface area (Å²) in [7, 11) is -4.26. The minimum absolute atomic E-state index is 0.00630. The summed E-state index contributed by atoms with van der Waals surface area (Å²) in [5.74, 6) is -0.00630. The number of phenolic OH excluding ortho intramolecular Hbond substituents is 1. The van der Waals surface area contributed by atoms with Gasteiger partial charge in [0.1, 0.15) is 9.96 Å². The number of nitrogens with zero attached hydrogens (tertiary/aromatic N) is 1. The quantitative estimate of drug-likeness (QED) is 0.804. The second kappa shape index (κ2) is 6.21. The molecule has 0 aliphatic carbocycles. The van der Waals surface area contributed by atoms with Crippen molar-refractivity contribution in [3.8, 4) is 5.75 Å². The SMILES string of the molecule is CN(C)Cc1cc(S(=O)(=O)c2csc(S(N)(=O)=O)c2)ccc1O. The molecule has 0 unspecified atom stereocenters. The van der Waals surface area contributed by atoms with Gasteiger partial charge in [-0.1, -0.05) is 0 Å². The van der Waals surface area contributed by atoms with Gasteiger partial charge in [0.25, 0.3) is 0 Å². The molecule has 7 nitrogen and oxygen atoms in total. The molecule has 0 bridgehead atoms. The van der Waals surface area contributed by atoms with Crippen LogP contribution in [0.4, 0.5) is 0 Å².